The first kappa shape index (κ1) is 14.3. The Kier molecular flexibility index (Phi) is 4.33. The van der Waals surface area contributed by atoms with Crippen molar-refractivity contribution in [1.82, 2.24) is 9.38 Å². The van der Waals surface area contributed by atoms with Crippen LogP contribution in [0.4, 0.5) is 0 Å². The summed E-state index contributed by atoms with van der Waals surface area (Å²) in [5.74, 6) is 0. The molecular formula is C17H14N4. The van der Waals surface area contributed by atoms with E-state index in [-0.39, 0.29) is 0 Å². The van der Waals surface area contributed by atoms with Crippen LogP contribution in [0.3, 0.4) is 0 Å². The van der Waals surface area contributed by atoms with E-state index >= 15 is 0 Å². The van der Waals surface area contributed by atoms with Crippen molar-refractivity contribution in [2.75, 3.05) is 0 Å². The largest absolute Gasteiger partial charge is 0.324 e. The summed E-state index contributed by atoms with van der Waals surface area (Å²) in [7, 11) is 0. The second-order valence-electron chi connectivity index (χ2n) is 4.67. The molecule has 0 aliphatic rings. The van der Waals surface area contributed by atoms with E-state index in [0.29, 0.717) is 11.1 Å². The SMILES string of the molecule is Cc1cc(C#N)ccn1.Cc1cc2cc(C#N)ccn2c1. The Hall–Kier alpha value is -3.11. The van der Waals surface area contributed by atoms with Crippen molar-refractivity contribution in [2.24, 2.45) is 0 Å². The Morgan fingerprint density at radius 2 is 1.71 bits per heavy atom. The molecule has 4 heteroatoms. The van der Waals surface area contributed by atoms with E-state index in [1.807, 2.05) is 48.8 Å². The smallest absolute Gasteiger partial charge is 0.0992 e. The molecule has 3 rings (SSSR count). The van der Waals surface area contributed by atoms with Gasteiger partial charge in [-0.2, -0.15) is 10.5 Å². The van der Waals surface area contributed by atoms with Crippen molar-refractivity contribution in [2.45, 2.75) is 13.8 Å². The highest BCUT2D eigenvalue weighted by Gasteiger charge is 1.96. The Balaban J connectivity index is 0.000000161. The van der Waals surface area contributed by atoms with Gasteiger partial charge in [-0.1, -0.05) is 0 Å². The topological polar surface area (TPSA) is 64.9 Å². The van der Waals surface area contributed by atoms with Crippen LogP contribution in [-0.2, 0) is 0 Å². The lowest BCUT2D eigenvalue weighted by Gasteiger charge is -1.92. The lowest BCUT2D eigenvalue weighted by molar-refractivity contribution is 1.18. The van der Waals surface area contributed by atoms with Gasteiger partial charge in [0.1, 0.15) is 0 Å². The molecule has 0 bridgehead atoms. The maximum Gasteiger partial charge on any atom is 0.0992 e. The summed E-state index contributed by atoms with van der Waals surface area (Å²) >= 11 is 0. The third-order valence-electron chi connectivity index (χ3n) is 2.89. The van der Waals surface area contributed by atoms with Crippen LogP contribution in [0.2, 0.25) is 0 Å². The van der Waals surface area contributed by atoms with Gasteiger partial charge in [-0.15, -0.1) is 0 Å². The van der Waals surface area contributed by atoms with Gasteiger partial charge in [0, 0.05) is 29.8 Å². The van der Waals surface area contributed by atoms with Crippen molar-refractivity contribution in [3.8, 4) is 12.1 Å². The van der Waals surface area contributed by atoms with Crippen LogP contribution in [0.1, 0.15) is 22.4 Å². The number of nitriles is 2. The Bertz CT molecular complexity index is 847. The van der Waals surface area contributed by atoms with E-state index in [1.165, 1.54) is 5.56 Å². The van der Waals surface area contributed by atoms with Crippen LogP contribution in [0.5, 0.6) is 0 Å². The van der Waals surface area contributed by atoms with Gasteiger partial charge >= 0.3 is 0 Å². The number of hydrogen-bond donors (Lipinski definition) is 0. The van der Waals surface area contributed by atoms with Crippen LogP contribution in [0.15, 0.2) is 48.9 Å². The third-order valence-corrected chi connectivity index (χ3v) is 2.89. The van der Waals surface area contributed by atoms with Crippen LogP contribution < -0.4 is 0 Å². The first-order chi connectivity index (χ1) is 10.1. The fraction of sp³-hybridized carbons (Fsp3) is 0.118. The van der Waals surface area contributed by atoms with Crippen molar-refractivity contribution in [3.05, 3.63) is 71.3 Å². The Morgan fingerprint density at radius 1 is 1.00 bits per heavy atom. The lowest BCUT2D eigenvalue weighted by Crippen LogP contribution is -1.81. The second kappa shape index (κ2) is 6.36. The van der Waals surface area contributed by atoms with Gasteiger partial charge in [0.2, 0.25) is 0 Å². The standard InChI is InChI=1S/C10H8N2.C7H6N2/c1-8-4-10-5-9(6-11)2-3-12(10)7-8;1-6-4-7(5-8)2-3-9-6/h2-5,7H,1H3;2-4H,1H3. The predicted molar refractivity (Wildman–Crippen MR) is 80.5 cm³/mol. The monoisotopic (exact) mass is 274 g/mol. The second-order valence-corrected chi connectivity index (χ2v) is 4.67. The molecule has 21 heavy (non-hydrogen) atoms. The fourth-order valence-electron chi connectivity index (χ4n) is 1.94. The van der Waals surface area contributed by atoms with E-state index in [0.717, 1.165) is 11.2 Å². The van der Waals surface area contributed by atoms with Crippen LogP contribution in [-0.4, -0.2) is 9.38 Å². The van der Waals surface area contributed by atoms with E-state index in [2.05, 4.69) is 17.1 Å². The van der Waals surface area contributed by atoms with Gasteiger partial charge in [0.25, 0.3) is 0 Å². The zero-order valence-electron chi connectivity index (χ0n) is 11.9. The third kappa shape index (κ3) is 3.68. The number of hydrogen-bond acceptors (Lipinski definition) is 3. The maximum absolute atomic E-state index is 8.64. The molecule has 3 heterocycles. The number of pyridine rings is 2. The van der Waals surface area contributed by atoms with Gasteiger partial charge in [-0.25, -0.2) is 0 Å². The van der Waals surface area contributed by atoms with E-state index in [1.54, 1.807) is 18.3 Å². The van der Waals surface area contributed by atoms with Crippen LogP contribution in [0.25, 0.3) is 5.52 Å². The summed E-state index contributed by atoms with van der Waals surface area (Å²) < 4.78 is 2.01. The average molecular weight is 274 g/mol. The number of aryl methyl sites for hydroxylation is 2. The van der Waals surface area contributed by atoms with Gasteiger partial charge in [-0.3, -0.25) is 4.98 Å². The molecule has 0 amide bonds. The Labute approximate surface area is 123 Å². The molecule has 0 aliphatic carbocycles. The molecule has 3 aromatic heterocycles. The molecule has 0 saturated carbocycles. The normalized spacial score (nSPS) is 9.33. The van der Waals surface area contributed by atoms with E-state index < -0.39 is 0 Å². The number of fused-ring (bicyclic) bond motifs is 1. The quantitative estimate of drug-likeness (QED) is 0.631. The molecule has 0 N–H and O–H groups in total. The highest BCUT2D eigenvalue weighted by molar-refractivity contribution is 5.54. The molecule has 4 nitrogen and oxygen atoms in total. The van der Waals surface area contributed by atoms with Crippen LogP contribution >= 0.6 is 0 Å². The number of rotatable bonds is 0. The minimum absolute atomic E-state index is 0.669. The first-order valence-electron chi connectivity index (χ1n) is 6.43. The summed E-state index contributed by atoms with van der Waals surface area (Å²) in [6.45, 7) is 3.90. The predicted octanol–water partition coefficient (Wildman–Crippen LogP) is 3.38. The molecule has 0 aliphatic heterocycles. The molecule has 0 fully saturated rings. The summed E-state index contributed by atoms with van der Waals surface area (Å²) in [6.07, 6.45) is 5.57. The molecule has 0 aromatic carbocycles. The highest BCUT2D eigenvalue weighted by atomic mass is 14.8. The van der Waals surface area contributed by atoms with Crippen molar-refractivity contribution < 1.29 is 0 Å². The van der Waals surface area contributed by atoms with Crippen LogP contribution in [0, 0.1) is 36.5 Å². The molecule has 0 unspecified atom stereocenters. The zero-order chi connectivity index (χ0) is 15.2. The average Bonchev–Trinajstić information content (AvgIpc) is 2.86. The minimum atomic E-state index is 0.669. The molecule has 0 saturated heterocycles. The van der Waals surface area contributed by atoms with Gasteiger partial charge in [0.15, 0.2) is 0 Å². The fourth-order valence-corrected chi connectivity index (χ4v) is 1.94. The van der Waals surface area contributed by atoms with Gasteiger partial charge in [0.05, 0.1) is 23.3 Å². The molecule has 0 spiro atoms. The molecule has 0 atom stereocenters. The van der Waals surface area contributed by atoms with E-state index in [9.17, 15) is 0 Å². The first-order valence-corrected chi connectivity index (χ1v) is 6.43. The molecule has 3 aromatic rings. The van der Waals surface area contributed by atoms with Crippen molar-refractivity contribution in [1.29, 1.82) is 10.5 Å². The number of nitrogens with zero attached hydrogens (tertiary/aromatic N) is 4. The van der Waals surface area contributed by atoms with Gasteiger partial charge in [-0.05, 0) is 49.7 Å². The minimum Gasteiger partial charge on any atom is -0.324 e. The summed E-state index contributed by atoms with van der Waals surface area (Å²) in [4.78, 5) is 3.94. The molecule has 102 valence electrons. The summed E-state index contributed by atoms with van der Waals surface area (Å²) in [5, 5.41) is 17.0. The Morgan fingerprint density at radius 3 is 2.33 bits per heavy atom. The zero-order valence-corrected chi connectivity index (χ0v) is 11.9. The van der Waals surface area contributed by atoms with Crippen molar-refractivity contribution >= 4 is 5.52 Å². The highest BCUT2D eigenvalue weighted by Crippen LogP contribution is 2.10. The number of aromatic nitrogens is 2. The van der Waals surface area contributed by atoms with Crippen molar-refractivity contribution in [3.63, 3.8) is 0 Å². The summed E-state index contributed by atoms with van der Waals surface area (Å²) in [6, 6.07) is 13.3. The lowest BCUT2D eigenvalue weighted by atomic mass is 10.2. The van der Waals surface area contributed by atoms with Gasteiger partial charge < -0.3 is 4.40 Å². The van der Waals surface area contributed by atoms with E-state index in [4.69, 9.17) is 10.5 Å². The maximum atomic E-state index is 8.64. The summed E-state index contributed by atoms with van der Waals surface area (Å²) in [5.41, 5.74) is 4.55. The molecule has 0 radical (unpaired) electrons. The molecular weight excluding hydrogens is 260 g/mol.